The van der Waals surface area contributed by atoms with Crippen LogP contribution in [-0.2, 0) is 11.2 Å². The normalized spacial score (nSPS) is 21.9. The molecule has 88 valence electrons. The summed E-state index contributed by atoms with van der Waals surface area (Å²) in [5.74, 6) is 0.493. The predicted octanol–water partition coefficient (Wildman–Crippen LogP) is 2.71. The molecule has 1 aliphatic heterocycles. The summed E-state index contributed by atoms with van der Waals surface area (Å²) < 4.78 is 5.72. The van der Waals surface area contributed by atoms with Gasteiger partial charge in [0.2, 0.25) is 0 Å². The lowest BCUT2D eigenvalue weighted by atomic mass is 9.91. The highest BCUT2D eigenvalue weighted by Crippen LogP contribution is 2.31. The van der Waals surface area contributed by atoms with Gasteiger partial charge in [0, 0.05) is 0 Å². The van der Waals surface area contributed by atoms with Crippen molar-refractivity contribution >= 4 is 0 Å². The van der Waals surface area contributed by atoms with E-state index in [0.29, 0.717) is 5.92 Å². The second kappa shape index (κ2) is 4.98. The van der Waals surface area contributed by atoms with Gasteiger partial charge in [0.15, 0.2) is 0 Å². The van der Waals surface area contributed by atoms with Crippen LogP contribution in [-0.4, -0.2) is 17.8 Å². The smallest absolute Gasteiger partial charge is 0.109 e. The van der Waals surface area contributed by atoms with E-state index in [1.54, 1.807) is 0 Å². The average Bonchev–Trinajstić information content (AvgIpc) is 2.27. The first kappa shape index (κ1) is 11.6. The van der Waals surface area contributed by atoms with Crippen molar-refractivity contribution in [1.29, 1.82) is 0 Å². The quantitative estimate of drug-likeness (QED) is 0.848. The van der Waals surface area contributed by atoms with Gasteiger partial charge in [-0.05, 0) is 29.9 Å². The summed E-state index contributed by atoms with van der Waals surface area (Å²) in [7, 11) is 0. The van der Waals surface area contributed by atoms with Crippen molar-refractivity contribution in [3.8, 4) is 0 Å². The lowest BCUT2D eigenvalue weighted by Gasteiger charge is -2.30. The van der Waals surface area contributed by atoms with Gasteiger partial charge in [-0.25, -0.2) is 0 Å². The molecule has 1 N–H and O–H groups in total. The first-order valence-corrected chi connectivity index (χ1v) is 6.06. The summed E-state index contributed by atoms with van der Waals surface area (Å²) >= 11 is 0. The molecule has 2 rings (SSSR count). The van der Waals surface area contributed by atoms with Crippen LogP contribution < -0.4 is 0 Å². The van der Waals surface area contributed by atoms with Crippen LogP contribution >= 0.6 is 0 Å². The number of ether oxygens (including phenoxy) is 1. The van der Waals surface area contributed by atoms with E-state index in [2.05, 4.69) is 32.0 Å². The number of aliphatic hydroxyl groups is 1. The molecule has 2 heteroatoms. The Morgan fingerprint density at radius 2 is 2.12 bits per heavy atom. The summed E-state index contributed by atoms with van der Waals surface area (Å²) in [6.45, 7) is 4.97. The van der Waals surface area contributed by atoms with E-state index < -0.39 is 0 Å². The second-order valence-electron chi connectivity index (χ2n) is 4.94. The Bertz CT molecular complexity index is 346. The van der Waals surface area contributed by atoms with Crippen molar-refractivity contribution in [3.63, 3.8) is 0 Å². The molecule has 0 spiro atoms. The third kappa shape index (κ3) is 2.45. The van der Waals surface area contributed by atoms with Gasteiger partial charge in [-0.15, -0.1) is 0 Å². The zero-order chi connectivity index (χ0) is 11.5. The minimum Gasteiger partial charge on any atom is -0.390 e. The standard InChI is InChI=1S/C14H20O2/c1-10(2)9-13(15)14-12-6-4-3-5-11(12)7-8-16-14/h3-6,10,13-15H,7-9H2,1-2H3. The average molecular weight is 220 g/mol. The van der Waals surface area contributed by atoms with Crippen LogP contribution in [0, 0.1) is 5.92 Å². The van der Waals surface area contributed by atoms with Crippen molar-refractivity contribution in [2.45, 2.75) is 38.9 Å². The van der Waals surface area contributed by atoms with Gasteiger partial charge >= 0.3 is 0 Å². The van der Waals surface area contributed by atoms with Crippen LogP contribution in [0.5, 0.6) is 0 Å². The number of rotatable bonds is 3. The fourth-order valence-corrected chi connectivity index (χ4v) is 2.35. The van der Waals surface area contributed by atoms with Crippen LogP contribution in [0.2, 0.25) is 0 Å². The molecule has 0 aromatic heterocycles. The van der Waals surface area contributed by atoms with Gasteiger partial charge in [0.05, 0.1) is 12.7 Å². The molecular weight excluding hydrogens is 200 g/mol. The zero-order valence-corrected chi connectivity index (χ0v) is 10.0. The van der Waals surface area contributed by atoms with E-state index in [1.165, 1.54) is 11.1 Å². The Morgan fingerprint density at radius 3 is 2.88 bits per heavy atom. The molecule has 0 radical (unpaired) electrons. The summed E-state index contributed by atoms with van der Waals surface area (Å²) in [5, 5.41) is 10.2. The lowest BCUT2D eigenvalue weighted by Crippen LogP contribution is -2.28. The Morgan fingerprint density at radius 1 is 1.38 bits per heavy atom. The summed E-state index contributed by atoms with van der Waals surface area (Å²) in [6, 6.07) is 8.27. The van der Waals surface area contributed by atoms with Gasteiger partial charge in [-0.3, -0.25) is 0 Å². The summed E-state index contributed by atoms with van der Waals surface area (Å²) in [4.78, 5) is 0. The van der Waals surface area contributed by atoms with E-state index in [9.17, 15) is 5.11 Å². The monoisotopic (exact) mass is 220 g/mol. The first-order chi connectivity index (χ1) is 7.68. The number of fused-ring (bicyclic) bond motifs is 1. The van der Waals surface area contributed by atoms with Crippen molar-refractivity contribution in [2.75, 3.05) is 6.61 Å². The van der Waals surface area contributed by atoms with Crippen LogP contribution in [0.4, 0.5) is 0 Å². The van der Waals surface area contributed by atoms with Crippen molar-refractivity contribution in [1.82, 2.24) is 0 Å². The molecule has 1 aromatic rings. The maximum Gasteiger partial charge on any atom is 0.109 e. The zero-order valence-electron chi connectivity index (χ0n) is 10.0. The van der Waals surface area contributed by atoms with Crippen molar-refractivity contribution < 1.29 is 9.84 Å². The number of hydrogen-bond donors (Lipinski definition) is 1. The van der Waals surface area contributed by atoms with Gasteiger partial charge in [0.25, 0.3) is 0 Å². The molecule has 1 aliphatic rings. The molecule has 1 aromatic carbocycles. The Kier molecular flexibility index (Phi) is 3.62. The van der Waals surface area contributed by atoms with Gasteiger partial charge in [-0.1, -0.05) is 38.1 Å². The minimum absolute atomic E-state index is 0.132. The summed E-state index contributed by atoms with van der Waals surface area (Å²) in [6.07, 6.45) is 1.23. The topological polar surface area (TPSA) is 29.5 Å². The Hall–Kier alpha value is -0.860. The maximum absolute atomic E-state index is 10.2. The van der Waals surface area contributed by atoms with E-state index in [4.69, 9.17) is 4.74 Å². The summed E-state index contributed by atoms with van der Waals surface area (Å²) in [5.41, 5.74) is 2.49. The fourth-order valence-electron chi connectivity index (χ4n) is 2.35. The van der Waals surface area contributed by atoms with Crippen molar-refractivity contribution in [2.24, 2.45) is 5.92 Å². The second-order valence-corrected chi connectivity index (χ2v) is 4.94. The highest BCUT2D eigenvalue weighted by atomic mass is 16.5. The number of hydrogen-bond acceptors (Lipinski definition) is 2. The van der Waals surface area contributed by atoms with Crippen LogP contribution in [0.15, 0.2) is 24.3 Å². The van der Waals surface area contributed by atoms with Gasteiger partial charge in [0.1, 0.15) is 6.10 Å². The van der Waals surface area contributed by atoms with Crippen LogP contribution in [0.1, 0.15) is 37.5 Å². The molecule has 0 saturated carbocycles. The highest BCUT2D eigenvalue weighted by Gasteiger charge is 2.27. The number of aliphatic hydroxyl groups excluding tert-OH is 1. The molecule has 0 saturated heterocycles. The SMILES string of the molecule is CC(C)CC(O)C1OCCc2ccccc21. The number of benzene rings is 1. The molecule has 2 nitrogen and oxygen atoms in total. The molecule has 2 unspecified atom stereocenters. The van der Waals surface area contributed by atoms with Crippen LogP contribution in [0.25, 0.3) is 0 Å². The molecule has 0 bridgehead atoms. The third-order valence-corrected chi connectivity index (χ3v) is 3.09. The van der Waals surface area contributed by atoms with E-state index in [0.717, 1.165) is 19.4 Å². The lowest BCUT2D eigenvalue weighted by molar-refractivity contribution is -0.0537. The largest absolute Gasteiger partial charge is 0.390 e. The third-order valence-electron chi connectivity index (χ3n) is 3.09. The fraction of sp³-hybridized carbons (Fsp3) is 0.571. The predicted molar refractivity (Wildman–Crippen MR) is 64.3 cm³/mol. The van der Waals surface area contributed by atoms with Crippen LogP contribution in [0.3, 0.4) is 0 Å². The molecule has 0 aliphatic carbocycles. The maximum atomic E-state index is 10.2. The first-order valence-electron chi connectivity index (χ1n) is 6.06. The Labute approximate surface area is 97.3 Å². The molecule has 1 heterocycles. The molecular formula is C14H20O2. The highest BCUT2D eigenvalue weighted by molar-refractivity contribution is 5.31. The van der Waals surface area contributed by atoms with E-state index in [-0.39, 0.29) is 12.2 Å². The Balaban J connectivity index is 2.18. The molecule has 2 atom stereocenters. The molecule has 0 amide bonds. The van der Waals surface area contributed by atoms with Gasteiger partial charge in [-0.2, -0.15) is 0 Å². The molecule has 0 fully saturated rings. The van der Waals surface area contributed by atoms with E-state index in [1.807, 2.05) is 6.07 Å². The van der Waals surface area contributed by atoms with Crippen molar-refractivity contribution in [3.05, 3.63) is 35.4 Å². The van der Waals surface area contributed by atoms with Gasteiger partial charge < -0.3 is 9.84 Å². The molecule has 16 heavy (non-hydrogen) atoms. The minimum atomic E-state index is -0.388. The van der Waals surface area contributed by atoms with E-state index >= 15 is 0 Å².